The summed E-state index contributed by atoms with van der Waals surface area (Å²) in [6.07, 6.45) is 8.25. The second-order valence-electron chi connectivity index (χ2n) is 2.98. The fourth-order valence-corrected chi connectivity index (χ4v) is 1.44. The molecule has 0 N–H and O–H groups in total. The van der Waals surface area contributed by atoms with Gasteiger partial charge in [-0.3, -0.25) is 0 Å². The maximum atomic E-state index is 5.38. The standard InChI is InChI=1S/C13H15IO/c14-10-4-5-11-15-12-6-9-13-7-2-1-3-8-13/h1-9H,10-12H2/b5-4+,9-6+. The largest absolute Gasteiger partial charge is 0.373 e. The molecule has 0 spiro atoms. The molecule has 0 radical (unpaired) electrons. The maximum absolute atomic E-state index is 5.38. The van der Waals surface area contributed by atoms with E-state index in [2.05, 4.69) is 46.9 Å². The molecule has 0 amide bonds. The summed E-state index contributed by atoms with van der Waals surface area (Å²) < 4.78 is 6.42. The SMILES string of the molecule is IC/C=C/COC/C=C/c1ccccc1. The van der Waals surface area contributed by atoms with Crippen molar-refractivity contribution in [2.75, 3.05) is 17.6 Å². The van der Waals surface area contributed by atoms with Gasteiger partial charge >= 0.3 is 0 Å². The monoisotopic (exact) mass is 314 g/mol. The summed E-state index contributed by atoms with van der Waals surface area (Å²) >= 11 is 2.31. The lowest BCUT2D eigenvalue weighted by Crippen LogP contribution is -1.90. The van der Waals surface area contributed by atoms with E-state index in [0.717, 1.165) is 4.43 Å². The van der Waals surface area contributed by atoms with Crippen LogP contribution < -0.4 is 0 Å². The zero-order valence-corrected chi connectivity index (χ0v) is 10.8. The Morgan fingerprint density at radius 1 is 1.00 bits per heavy atom. The molecule has 1 rings (SSSR count). The van der Waals surface area contributed by atoms with Crippen molar-refractivity contribution in [3.05, 3.63) is 54.1 Å². The summed E-state index contributed by atoms with van der Waals surface area (Å²) in [6, 6.07) is 10.2. The molecule has 0 atom stereocenters. The predicted molar refractivity (Wildman–Crippen MR) is 74.3 cm³/mol. The molecule has 0 bridgehead atoms. The number of halogens is 1. The normalized spacial score (nSPS) is 11.5. The van der Waals surface area contributed by atoms with Gasteiger partial charge in [0.1, 0.15) is 0 Å². The van der Waals surface area contributed by atoms with E-state index in [1.807, 2.05) is 30.4 Å². The van der Waals surface area contributed by atoms with Crippen molar-refractivity contribution in [3.63, 3.8) is 0 Å². The topological polar surface area (TPSA) is 9.23 Å². The summed E-state index contributed by atoms with van der Waals surface area (Å²) in [4.78, 5) is 0. The van der Waals surface area contributed by atoms with Gasteiger partial charge < -0.3 is 4.74 Å². The number of rotatable bonds is 6. The van der Waals surface area contributed by atoms with Gasteiger partial charge in [-0.1, -0.05) is 77.2 Å². The average Bonchev–Trinajstić information content (AvgIpc) is 2.29. The minimum Gasteiger partial charge on any atom is -0.373 e. The van der Waals surface area contributed by atoms with Gasteiger partial charge in [0, 0.05) is 4.43 Å². The van der Waals surface area contributed by atoms with Crippen LogP contribution in [-0.2, 0) is 4.74 Å². The van der Waals surface area contributed by atoms with Gasteiger partial charge in [0.25, 0.3) is 0 Å². The third kappa shape index (κ3) is 6.47. The molecular weight excluding hydrogens is 299 g/mol. The zero-order chi connectivity index (χ0) is 10.8. The highest BCUT2D eigenvalue weighted by Crippen LogP contribution is 2.00. The third-order valence-electron chi connectivity index (χ3n) is 1.79. The summed E-state index contributed by atoms with van der Waals surface area (Å²) in [6.45, 7) is 1.36. The van der Waals surface area contributed by atoms with E-state index in [9.17, 15) is 0 Å². The Morgan fingerprint density at radius 2 is 1.73 bits per heavy atom. The van der Waals surface area contributed by atoms with E-state index in [1.165, 1.54) is 5.56 Å². The molecule has 1 aromatic carbocycles. The number of alkyl halides is 1. The van der Waals surface area contributed by atoms with Crippen molar-refractivity contribution in [3.8, 4) is 0 Å². The highest BCUT2D eigenvalue weighted by Gasteiger charge is 1.82. The molecule has 0 heterocycles. The van der Waals surface area contributed by atoms with Gasteiger partial charge in [-0.25, -0.2) is 0 Å². The highest BCUT2D eigenvalue weighted by molar-refractivity contribution is 14.1. The second kappa shape index (κ2) is 8.68. The zero-order valence-electron chi connectivity index (χ0n) is 8.60. The van der Waals surface area contributed by atoms with Crippen LogP contribution in [0.25, 0.3) is 6.08 Å². The van der Waals surface area contributed by atoms with Gasteiger partial charge in [0.15, 0.2) is 0 Å². The highest BCUT2D eigenvalue weighted by atomic mass is 127. The van der Waals surface area contributed by atoms with Gasteiger partial charge in [0.05, 0.1) is 13.2 Å². The Balaban J connectivity index is 2.15. The molecule has 0 fully saturated rings. The van der Waals surface area contributed by atoms with Crippen molar-refractivity contribution >= 4 is 28.7 Å². The molecule has 0 unspecified atom stereocenters. The van der Waals surface area contributed by atoms with Crippen LogP contribution in [0.2, 0.25) is 0 Å². The maximum Gasteiger partial charge on any atom is 0.0654 e. The van der Waals surface area contributed by atoms with E-state index >= 15 is 0 Å². The molecule has 0 aromatic heterocycles. The van der Waals surface area contributed by atoms with Crippen molar-refractivity contribution in [1.29, 1.82) is 0 Å². The minimum absolute atomic E-state index is 0.667. The molecule has 0 saturated carbocycles. The van der Waals surface area contributed by atoms with Gasteiger partial charge in [-0.05, 0) is 5.56 Å². The quantitative estimate of drug-likeness (QED) is 0.337. The van der Waals surface area contributed by atoms with Crippen molar-refractivity contribution in [2.24, 2.45) is 0 Å². The Kier molecular flexibility index (Phi) is 7.21. The van der Waals surface area contributed by atoms with Gasteiger partial charge in [-0.2, -0.15) is 0 Å². The molecule has 0 aliphatic rings. The molecule has 15 heavy (non-hydrogen) atoms. The van der Waals surface area contributed by atoms with E-state index in [4.69, 9.17) is 4.74 Å². The summed E-state index contributed by atoms with van der Waals surface area (Å²) in [5, 5.41) is 0. The number of hydrogen-bond donors (Lipinski definition) is 0. The second-order valence-corrected chi connectivity index (χ2v) is 3.86. The number of benzene rings is 1. The van der Waals surface area contributed by atoms with E-state index in [-0.39, 0.29) is 0 Å². The first kappa shape index (κ1) is 12.5. The Hall–Kier alpha value is -0.610. The molecule has 1 nitrogen and oxygen atoms in total. The lowest BCUT2D eigenvalue weighted by molar-refractivity contribution is 0.194. The lowest BCUT2D eigenvalue weighted by Gasteiger charge is -1.95. The van der Waals surface area contributed by atoms with Gasteiger partial charge in [0.2, 0.25) is 0 Å². The fourth-order valence-electron chi connectivity index (χ4n) is 1.08. The lowest BCUT2D eigenvalue weighted by atomic mass is 10.2. The van der Waals surface area contributed by atoms with Crippen LogP contribution in [-0.4, -0.2) is 17.6 Å². The Bertz CT molecular complexity index is 304. The number of allylic oxidation sites excluding steroid dienone is 1. The summed E-state index contributed by atoms with van der Waals surface area (Å²) in [7, 11) is 0. The van der Waals surface area contributed by atoms with Crippen molar-refractivity contribution < 1.29 is 4.74 Å². The van der Waals surface area contributed by atoms with E-state index < -0.39 is 0 Å². The Labute approximate surface area is 105 Å². The average molecular weight is 314 g/mol. The van der Waals surface area contributed by atoms with Crippen LogP contribution in [0.3, 0.4) is 0 Å². The van der Waals surface area contributed by atoms with Crippen LogP contribution in [0.15, 0.2) is 48.6 Å². The summed E-state index contributed by atoms with van der Waals surface area (Å²) in [5.41, 5.74) is 1.21. The fraction of sp³-hybridized carbons (Fsp3) is 0.231. The first-order valence-corrected chi connectivity index (χ1v) is 6.46. The van der Waals surface area contributed by atoms with Crippen LogP contribution in [0.5, 0.6) is 0 Å². The van der Waals surface area contributed by atoms with Crippen LogP contribution in [0.4, 0.5) is 0 Å². The molecule has 0 saturated heterocycles. The van der Waals surface area contributed by atoms with Crippen LogP contribution >= 0.6 is 22.6 Å². The van der Waals surface area contributed by atoms with E-state index in [1.54, 1.807) is 0 Å². The summed E-state index contributed by atoms with van der Waals surface area (Å²) in [5.74, 6) is 0. The molecule has 80 valence electrons. The smallest absolute Gasteiger partial charge is 0.0654 e. The predicted octanol–water partition coefficient (Wildman–Crippen LogP) is 3.71. The number of hydrogen-bond acceptors (Lipinski definition) is 1. The van der Waals surface area contributed by atoms with Crippen LogP contribution in [0.1, 0.15) is 5.56 Å². The molecule has 1 aromatic rings. The van der Waals surface area contributed by atoms with E-state index in [0.29, 0.717) is 13.2 Å². The minimum atomic E-state index is 0.667. The first-order chi connectivity index (χ1) is 7.43. The Morgan fingerprint density at radius 3 is 2.47 bits per heavy atom. The first-order valence-electron chi connectivity index (χ1n) is 4.94. The van der Waals surface area contributed by atoms with Crippen LogP contribution in [0, 0.1) is 0 Å². The molecule has 0 aliphatic carbocycles. The molecule has 0 aliphatic heterocycles. The number of ether oxygens (including phenoxy) is 1. The van der Waals surface area contributed by atoms with Gasteiger partial charge in [-0.15, -0.1) is 0 Å². The van der Waals surface area contributed by atoms with Crippen molar-refractivity contribution in [2.45, 2.75) is 0 Å². The van der Waals surface area contributed by atoms with Crippen molar-refractivity contribution in [1.82, 2.24) is 0 Å². The molecular formula is C13H15IO. The third-order valence-corrected chi connectivity index (χ3v) is 2.30. The molecule has 2 heteroatoms.